The van der Waals surface area contributed by atoms with Gasteiger partial charge in [-0.05, 0) is 155 Å². The lowest BCUT2D eigenvalue weighted by atomic mass is 9.57. The molecule has 4 aliphatic rings. The van der Waals surface area contributed by atoms with Crippen molar-refractivity contribution in [1.82, 2.24) is 5.32 Å². The van der Waals surface area contributed by atoms with E-state index in [0.717, 1.165) is 47.3 Å². The maximum absolute atomic E-state index is 3.64. The van der Waals surface area contributed by atoms with Crippen molar-refractivity contribution in [2.75, 3.05) is 13.1 Å². The first-order valence-electron chi connectivity index (χ1n) is 14.8. The van der Waals surface area contributed by atoms with Gasteiger partial charge in [0, 0.05) is 0 Å². The molecule has 32 heavy (non-hydrogen) atoms. The summed E-state index contributed by atoms with van der Waals surface area (Å²) in [6.07, 6.45) is 19.8. The smallest absolute Gasteiger partial charge is 0.00462 e. The van der Waals surface area contributed by atoms with Crippen LogP contribution in [0.3, 0.4) is 0 Å². The Morgan fingerprint density at radius 1 is 0.406 bits per heavy atom. The van der Waals surface area contributed by atoms with Gasteiger partial charge >= 0.3 is 0 Å². The van der Waals surface area contributed by atoms with Gasteiger partial charge in [0.25, 0.3) is 0 Å². The molecule has 0 aromatic rings. The summed E-state index contributed by atoms with van der Waals surface area (Å²) >= 11 is 0. The number of nitrogens with one attached hydrogen (secondary N) is 1. The Hall–Kier alpha value is -0.0400. The molecule has 3 saturated carbocycles. The Bertz CT molecular complexity index is 516. The molecule has 1 nitrogen and oxygen atoms in total. The SMILES string of the molecule is CC(C)(C)C1CCC(C2CC(C3CCNCC3)CC(C3CCC(C(C)(C)C)CC3)C2)CC1. The van der Waals surface area contributed by atoms with Crippen LogP contribution in [0.2, 0.25) is 0 Å². The lowest BCUT2D eigenvalue weighted by molar-refractivity contribution is 0.0236. The lowest BCUT2D eigenvalue weighted by Gasteiger charge is -2.48. The summed E-state index contributed by atoms with van der Waals surface area (Å²) in [5, 5.41) is 3.64. The Morgan fingerprint density at radius 3 is 1.03 bits per heavy atom. The Balaban J connectivity index is 1.40. The van der Waals surface area contributed by atoms with Gasteiger partial charge in [0.2, 0.25) is 0 Å². The summed E-state index contributed by atoms with van der Waals surface area (Å²) in [6.45, 7) is 17.5. The molecule has 4 rings (SSSR count). The fraction of sp³-hybridized carbons (Fsp3) is 1.00. The minimum Gasteiger partial charge on any atom is -0.317 e. The van der Waals surface area contributed by atoms with Gasteiger partial charge in [0.1, 0.15) is 0 Å². The van der Waals surface area contributed by atoms with Crippen LogP contribution in [0.15, 0.2) is 0 Å². The fourth-order valence-corrected chi connectivity index (χ4v) is 8.84. The maximum Gasteiger partial charge on any atom is -0.00462 e. The second-order valence-corrected chi connectivity index (χ2v) is 15.0. The third-order valence-electron chi connectivity index (χ3n) is 11.2. The molecule has 0 aromatic heterocycles. The standard InChI is InChI=1S/C31H57N/c1-30(2,3)28-11-7-22(8-12-28)25-19-26(21-27(20-25)24-15-17-32-18-16-24)23-9-13-29(14-10-23)31(4,5)6/h22-29,32H,7-21H2,1-6H3. The van der Waals surface area contributed by atoms with E-state index >= 15 is 0 Å². The average Bonchev–Trinajstić information content (AvgIpc) is 2.78. The van der Waals surface area contributed by atoms with E-state index in [9.17, 15) is 0 Å². The molecule has 186 valence electrons. The van der Waals surface area contributed by atoms with Crippen LogP contribution in [-0.2, 0) is 0 Å². The van der Waals surface area contributed by atoms with Crippen LogP contribution >= 0.6 is 0 Å². The fourth-order valence-electron chi connectivity index (χ4n) is 8.84. The van der Waals surface area contributed by atoms with Crippen LogP contribution < -0.4 is 5.32 Å². The molecule has 2 unspecified atom stereocenters. The second kappa shape index (κ2) is 10.3. The van der Waals surface area contributed by atoms with E-state index in [2.05, 4.69) is 46.9 Å². The van der Waals surface area contributed by atoms with Crippen molar-refractivity contribution in [1.29, 1.82) is 0 Å². The molecule has 0 radical (unpaired) electrons. The van der Waals surface area contributed by atoms with Crippen LogP contribution in [0.1, 0.15) is 125 Å². The average molecular weight is 444 g/mol. The van der Waals surface area contributed by atoms with Crippen LogP contribution in [0.25, 0.3) is 0 Å². The summed E-state index contributed by atoms with van der Waals surface area (Å²) in [6, 6.07) is 0. The van der Waals surface area contributed by atoms with E-state index in [-0.39, 0.29) is 0 Å². The van der Waals surface area contributed by atoms with Crippen molar-refractivity contribution in [3.05, 3.63) is 0 Å². The summed E-state index contributed by atoms with van der Waals surface area (Å²) < 4.78 is 0. The largest absolute Gasteiger partial charge is 0.317 e. The van der Waals surface area contributed by atoms with E-state index in [4.69, 9.17) is 0 Å². The number of hydrogen-bond donors (Lipinski definition) is 1. The summed E-state index contributed by atoms with van der Waals surface area (Å²) in [5.41, 5.74) is 1.03. The number of piperidine rings is 1. The zero-order valence-electron chi connectivity index (χ0n) is 22.7. The number of rotatable bonds is 3. The highest BCUT2D eigenvalue weighted by atomic mass is 14.9. The topological polar surface area (TPSA) is 12.0 Å². The molecule has 0 amide bonds. The molecular formula is C31H57N. The highest BCUT2D eigenvalue weighted by Gasteiger charge is 2.42. The van der Waals surface area contributed by atoms with Crippen molar-refractivity contribution in [3.63, 3.8) is 0 Å². The van der Waals surface area contributed by atoms with Crippen LogP contribution in [0.5, 0.6) is 0 Å². The zero-order chi connectivity index (χ0) is 22.9. The van der Waals surface area contributed by atoms with Crippen molar-refractivity contribution in [3.8, 4) is 0 Å². The number of hydrogen-bond acceptors (Lipinski definition) is 1. The predicted octanol–water partition coefficient (Wildman–Crippen LogP) is 8.72. The molecule has 1 saturated heterocycles. The van der Waals surface area contributed by atoms with Gasteiger partial charge in [-0.3, -0.25) is 0 Å². The van der Waals surface area contributed by atoms with Gasteiger partial charge in [-0.25, -0.2) is 0 Å². The molecule has 1 heterocycles. The first-order valence-corrected chi connectivity index (χ1v) is 14.8. The molecule has 3 aliphatic carbocycles. The van der Waals surface area contributed by atoms with E-state index in [1.54, 1.807) is 19.3 Å². The molecule has 0 bridgehead atoms. The molecular weight excluding hydrogens is 386 g/mol. The van der Waals surface area contributed by atoms with Crippen molar-refractivity contribution in [2.45, 2.75) is 125 Å². The molecule has 0 spiro atoms. The minimum absolute atomic E-state index is 0.517. The third-order valence-corrected chi connectivity index (χ3v) is 11.2. The van der Waals surface area contributed by atoms with Gasteiger partial charge < -0.3 is 5.32 Å². The quantitative estimate of drug-likeness (QED) is 0.460. The van der Waals surface area contributed by atoms with E-state index < -0.39 is 0 Å². The molecule has 1 heteroatoms. The van der Waals surface area contributed by atoms with Crippen molar-refractivity contribution in [2.24, 2.45) is 58.2 Å². The van der Waals surface area contributed by atoms with E-state index in [0.29, 0.717) is 10.8 Å². The second-order valence-electron chi connectivity index (χ2n) is 15.0. The Kier molecular flexibility index (Phi) is 8.06. The summed E-state index contributed by atoms with van der Waals surface area (Å²) in [5.74, 6) is 8.19. The maximum atomic E-state index is 3.64. The van der Waals surface area contributed by atoms with Gasteiger partial charge in [-0.1, -0.05) is 41.5 Å². The molecule has 1 N–H and O–H groups in total. The molecule has 2 atom stereocenters. The van der Waals surface area contributed by atoms with Crippen LogP contribution in [-0.4, -0.2) is 13.1 Å². The molecule has 4 fully saturated rings. The van der Waals surface area contributed by atoms with E-state index in [1.807, 2.05) is 0 Å². The van der Waals surface area contributed by atoms with E-state index in [1.165, 1.54) is 77.3 Å². The van der Waals surface area contributed by atoms with Gasteiger partial charge in [-0.15, -0.1) is 0 Å². The minimum atomic E-state index is 0.517. The summed E-state index contributed by atoms with van der Waals surface area (Å²) in [4.78, 5) is 0. The van der Waals surface area contributed by atoms with Gasteiger partial charge in [-0.2, -0.15) is 0 Å². The highest BCUT2D eigenvalue weighted by Crippen LogP contribution is 2.52. The van der Waals surface area contributed by atoms with Gasteiger partial charge in [0.05, 0.1) is 0 Å². The third kappa shape index (κ3) is 6.14. The first-order chi connectivity index (χ1) is 15.1. The lowest BCUT2D eigenvalue weighted by Crippen LogP contribution is -2.40. The van der Waals surface area contributed by atoms with Crippen molar-refractivity contribution >= 4 is 0 Å². The van der Waals surface area contributed by atoms with Crippen molar-refractivity contribution < 1.29 is 0 Å². The first kappa shape index (κ1) is 25.1. The van der Waals surface area contributed by atoms with Gasteiger partial charge in [0.15, 0.2) is 0 Å². The summed E-state index contributed by atoms with van der Waals surface area (Å²) in [7, 11) is 0. The molecule has 0 aromatic carbocycles. The van der Waals surface area contributed by atoms with Crippen LogP contribution in [0, 0.1) is 58.2 Å². The zero-order valence-corrected chi connectivity index (χ0v) is 22.7. The monoisotopic (exact) mass is 443 g/mol. The predicted molar refractivity (Wildman–Crippen MR) is 140 cm³/mol. The highest BCUT2D eigenvalue weighted by molar-refractivity contribution is 4.93. The van der Waals surface area contributed by atoms with Crippen LogP contribution in [0.4, 0.5) is 0 Å². The molecule has 1 aliphatic heterocycles. The Morgan fingerprint density at radius 2 is 0.719 bits per heavy atom. The normalized spacial score (nSPS) is 40.9. The Labute approximate surface area is 201 Å².